The highest BCUT2D eigenvalue weighted by molar-refractivity contribution is 5.73. The van der Waals surface area contributed by atoms with Crippen molar-refractivity contribution in [2.45, 2.75) is 46.3 Å². The van der Waals surface area contributed by atoms with Gasteiger partial charge in [-0.25, -0.2) is 4.79 Å². The van der Waals surface area contributed by atoms with Gasteiger partial charge in [0.25, 0.3) is 0 Å². The predicted molar refractivity (Wildman–Crippen MR) is 99.2 cm³/mol. The van der Waals surface area contributed by atoms with E-state index in [2.05, 4.69) is 66.3 Å². The molecule has 1 aromatic heterocycles. The van der Waals surface area contributed by atoms with E-state index in [-0.39, 0.29) is 12.1 Å². The predicted octanol–water partition coefficient (Wildman–Crippen LogP) is 3.38. The number of ether oxygens (including phenoxy) is 1. The lowest BCUT2D eigenvalue weighted by Gasteiger charge is -2.12. The van der Waals surface area contributed by atoms with Crippen LogP contribution in [-0.2, 0) is 11.3 Å². The summed E-state index contributed by atoms with van der Waals surface area (Å²) in [6.07, 6.45) is 2.27. The number of hydrogen-bond acceptors (Lipinski definition) is 2. The molecule has 1 atom stereocenters. The quantitative estimate of drug-likeness (QED) is 0.876. The van der Waals surface area contributed by atoms with Crippen molar-refractivity contribution in [1.82, 2.24) is 15.2 Å². The third kappa shape index (κ3) is 4.23. The monoisotopic (exact) mass is 341 g/mol. The second-order valence-corrected chi connectivity index (χ2v) is 6.77. The average molecular weight is 341 g/mol. The summed E-state index contributed by atoms with van der Waals surface area (Å²) < 4.78 is 7.75. The lowest BCUT2D eigenvalue weighted by atomic mass is 10.2. The number of amides is 2. The molecular weight excluding hydrogens is 314 g/mol. The van der Waals surface area contributed by atoms with Crippen LogP contribution in [0.15, 0.2) is 30.3 Å². The molecule has 25 heavy (non-hydrogen) atoms. The number of aryl methyl sites for hydroxylation is 2. The van der Waals surface area contributed by atoms with Crippen LogP contribution in [0.1, 0.15) is 35.4 Å². The largest absolute Gasteiger partial charge is 0.376 e. The molecule has 0 saturated carbocycles. The fourth-order valence-electron chi connectivity index (χ4n) is 3.42. The van der Waals surface area contributed by atoms with Crippen LogP contribution in [0, 0.1) is 20.8 Å². The minimum atomic E-state index is -0.143. The molecule has 5 nitrogen and oxygen atoms in total. The zero-order valence-corrected chi connectivity index (χ0v) is 15.3. The fourth-order valence-corrected chi connectivity index (χ4v) is 3.42. The second-order valence-electron chi connectivity index (χ2n) is 6.77. The number of hydrogen-bond donors (Lipinski definition) is 2. The van der Waals surface area contributed by atoms with Crippen LogP contribution in [0.4, 0.5) is 4.79 Å². The van der Waals surface area contributed by atoms with Gasteiger partial charge >= 0.3 is 6.03 Å². The highest BCUT2D eigenvalue weighted by Crippen LogP contribution is 2.21. The Kier molecular flexibility index (Phi) is 5.43. The molecule has 0 bridgehead atoms. The van der Waals surface area contributed by atoms with Crippen LogP contribution in [0.3, 0.4) is 0 Å². The van der Waals surface area contributed by atoms with Crippen LogP contribution in [0.2, 0.25) is 0 Å². The maximum Gasteiger partial charge on any atom is 0.315 e. The van der Waals surface area contributed by atoms with Gasteiger partial charge in [0.15, 0.2) is 0 Å². The van der Waals surface area contributed by atoms with E-state index in [1.165, 1.54) is 11.3 Å². The van der Waals surface area contributed by atoms with Crippen LogP contribution in [-0.4, -0.2) is 29.9 Å². The molecule has 1 saturated heterocycles. The molecule has 0 radical (unpaired) electrons. The standard InChI is InChI=1S/C20H27N3O2/c1-14-6-4-7-18(10-14)23-15(2)11-17(16(23)3)12-21-20(24)22-13-19-8-5-9-25-19/h4,6-7,10-11,19H,5,8-9,12-13H2,1-3H3,(H2,21,22,24)/t19-/m1/s1. The van der Waals surface area contributed by atoms with Crippen molar-refractivity contribution in [2.24, 2.45) is 0 Å². The molecule has 0 spiro atoms. The Morgan fingerprint density at radius 2 is 2.08 bits per heavy atom. The number of nitrogens with zero attached hydrogens (tertiary/aromatic N) is 1. The number of urea groups is 1. The Bertz CT molecular complexity index is 745. The van der Waals surface area contributed by atoms with Gasteiger partial charge < -0.3 is 19.9 Å². The van der Waals surface area contributed by atoms with Crippen LogP contribution < -0.4 is 10.6 Å². The van der Waals surface area contributed by atoms with Gasteiger partial charge in [0.2, 0.25) is 0 Å². The van der Waals surface area contributed by atoms with Crippen molar-refractivity contribution in [1.29, 1.82) is 0 Å². The summed E-state index contributed by atoms with van der Waals surface area (Å²) in [7, 11) is 0. The lowest BCUT2D eigenvalue weighted by Crippen LogP contribution is -2.39. The number of carbonyl (C=O) groups excluding carboxylic acids is 1. The van der Waals surface area contributed by atoms with Gasteiger partial charge in [-0.3, -0.25) is 0 Å². The molecule has 1 aliphatic rings. The summed E-state index contributed by atoms with van der Waals surface area (Å²) in [5, 5.41) is 5.84. The van der Waals surface area contributed by atoms with Gasteiger partial charge in [0, 0.05) is 36.8 Å². The maximum atomic E-state index is 12.0. The van der Waals surface area contributed by atoms with Gasteiger partial charge in [-0.2, -0.15) is 0 Å². The smallest absolute Gasteiger partial charge is 0.315 e. The van der Waals surface area contributed by atoms with Crippen molar-refractivity contribution >= 4 is 6.03 Å². The Morgan fingerprint density at radius 1 is 1.24 bits per heavy atom. The Labute approximate surface area is 149 Å². The first kappa shape index (κ1) is 17.5. The van der Waals surface area contributed by atoms with Crippen molar-refractivity contribution < 1.29 is 9.53 Å². The molecule has 1 aromatic carbocycles. The van der Waals surface area contributed by atoms with Crippen molar-refractivity contribution in [3.8, 4) is 5.69 Å². The molecule has 1 aliphatic heterocycles. The van der Waals surface area contributed by atoms with Gasteiger partial charge in [-0.05, 0) is 62.9 Å². The van der Waals surface area contributed by atoms with E-state index >= 15 is 0 Å². The van der Waals surface area contributed by atoms with E-state index < -0.39 is 0 Å². The Balaban J connectivity index is 1.61. The third-order valence-electron chi connectivity index (χ3n) is 4.75. The number of rotatable bonds is 5. The summed E-state index contributed by atoms with van der Waals surface area (Å²) in [5.41, 5.74) is 5.84. The first-order valence-electron chi connectivity index (χ1n) is 8.93. The van der Waals surface area contributed by atoms with E-state index in [1.807, 2.05) is 0 Å². The minimum absolute atomic E-state index is 0.143. The molecule has 3 rings (SSSR count). The second kappa shape index (κ2) is 7.74. The first-order valence-corrected chi connectivity index (χ1v) is 8.93. The summed E-state index contributed by atoms with van der Waals surface area (Å²) in [5.74, 6) is 0. The summed E-state index contributed by atoms with van der Waals surface area (Å²) in [4.78, 5) is 12.0. The number of aromatic nitrogens is 1. The van der Waals surface area contributed by atoms with Crippen molar-refractivity contribution in [3.05, 3.63) is 52.8 Å². The highest BCUT2D eigenvalue weighted by Gasteiger charge is 2.16. The Hall–Kier alpha value is -2.27. The first-order chi connectivity index (χ1) is 12.0. The normalized spacial score (nSPS) is 16.8. The minimum Gasteiger partial charge on any atom is -0.376 e. The van der Waals surface area contributed by atoms with Gasteiger partial charge in [-0.15, -0.1) is 0 Å². The lowest BCUT2D eigenvalue weighted by molar-refractivity contribution is 0.111. The zero-order chi connectivity index (χ0) is 17.8. The van der Waals surface area contributed by atoms with Crippen LogP contribution in [0.5, 0.6) is 0 Å². The van der Waals surface area contributed by atoms with E-state index in [9.17, 15) is 4.79 Å². The van der Waals surface area contributed by atoms with Crippen molar-refractivity contribution in [2.75, 3.05) is 13.2 Å². The average Bonchev–Trinajstić information content (AvgIpc) is 3.19. The fraction of sp³-hybridized carbons (Fsp3) is 0.450. The Morgan fingerprint density at radius 3 is 2.80 bits per heavy atom. The summed E-state index contributed by atoms with van der Waals surface area (Å²) in [6.45, 7) is 8.18. The van der Waals surface area contributed by atoms with E-state index in [0.29, 0.717) is 13.1 Å². The van der Waals surface area contributed by atoms with Gasteiger partial charge in [0.05, 0.1) is 6.10 Å². The molecule has 2 N–H and O–H groups in total. The zero-order valence-electron chi connectivity index (χ0n) is 15.3. The molecule has 0 unspecified atom stereocenters. The van der Waals surface area contributed by atoms with Crippen molar-refractivity contribution in [3.63, 3.8) is 0 Å². The molecule has 5 heteroatoms. The molecule has 2 aromatic rings. The number of carbonyl (C=O) groups is 1. The topological polar surface area (TPSA) is 55.3 Å². The molecule has 0 aliphatic carbocycles. The molecule has 134 valence electrons. The van der Waals surface area contributed by atoms with E-state index in [0.717, 1.165) is 36.4 Å². The van der Waals surface area contributed by atoms with Crippen LogP contribution >= 0.6 is 0 Å². The van der Waals surface area contributed by atoms with E-state index in [4.69, 9.17) is 4.74 Å². The molecule has 1 fully saturated rings. The molecule has 2 amide bonds. The third-order valence-corrected chi connectivity index (χ3v) is 4.75. The number of nitrogens with one attached hydrogen (secondary N) is 2. The maximum absolute atomic E-state index is 12.0. The van der Waals surface area contributed by atoms with Gasteiger partial charge in [0.1, 0.15) is 0 Å². The van der Waals surface area contributed by atoms with Gasteiger partial charge in [-0.1, -0.05) is 12.1 Å². The molecule has 2 heterocycles. The molecular formula is C20H27N3O2. The van der Waals surface area contributed by atoms with Crippen LogP contribution in [0.25, 0.3) is 5.69 Å². The summed E-state index contributed by atoms with van der Waals surface area (Å²) >= 11 is 0. The SMILES string of the molecule is Cc1cccc(-n2c(C)cc(CNC(=O)NC[C@H]3CCCO3)c2C)c1. The number of benzene rings is 1. The summed E-state index contributed by atoms with van der Waals surface area (Å²) in [6, 6.07) is 10.4. The highest BCUT2D eigenvalue weighted by atomic mass is 16.5. The van der Waals surface area contributed by atoms with E-state index in [1.54, 1.807) is 0 Å².